The first-order valence-corrected chi connectivity index (χ1v) is 6.89. The summed E-state index contributed by atoms with van der Waals surface area (Å²) in [7, 11) is 0. The summed E-state index contributed by atoms with van der Waals surface area (Å²) in [5, 5.41) is 0. The Morgan fingerprint density at radius 3 is 2.89 bits per heavy atom. The van der Waals surface area contributed by atoms with Gasteiger partial charge in [-0.25, -0.2) is 4.98 Å². The van der Waals surface area contributed by atoms with E-state index in [4.69, 9.17) is 9.47 Å². The molecule has 0 spiro atoms. The van der Waals surface area contributed by atoms with E-state index in [1.54, 1.807) is 11.3 Å². The third-order valence-electron chi connectivity index (χ3n) is 3.46. The zero-order valence-corrected chi connectivity index (χ0v) is 11.5. The molecule has 0 unspecified atom stereocenters. The van der Waals surface area contributed by atoms with E-state index in [-0.39, 0.29) is 0 Å². The van der Waals surface area contributed by atoms with Gasteiger partial charge in [-0.05, 0) is 32.0 Å². The van der Waals surface area contributed by atoms with Crippen molar-refractivity contribution in [1.82, 2.24) is 9.38 Å². The number of aryl methyl sites for hydroxylation is 2. The number of nitrogens with zero attached hydrogens (tertiary/aromatic N) is 2. The molecule has 0 radical (unpaired) electrons. The molecular formula is C14H12N2O2S. The molecule has 3 heterocycles. The van der Waals surface area contributed by atoms with Crippen molar-refractivity contribution in [2.75, 3.05) is 6.79 Å². The van der Waals surface area contributed by atoms with E-state index in [0.717, 1.165) is 27.7 Å². The Balaban J connectivity index is 1.85. The third-order valence-corrected chi connectivity index (χ3v) is 4.53. The molecule has 96 valence electrons. The molecule has 2 aromatic heterocycles. The van der Waals surface area contributed by atoms with Crippen molar-refractivity contribution in [3.05, 3.63) is 35.0 Å². The highest BCUT2D eigenvalue weighted by molar-refractivity contribution is 7.17. The molecule has 3 aromatic rings. The normalized spacial score (nSPS) is 13.4. The Labute approximate surface area is 114 Å². The molecule has 1 aliphatic heterocycles. The number of thiazole rings is 1. The van der Waals surface area contributed by atoms with Gasteiger partial charge < -0.3 is 9.47 Å². The van der Waals surface area contributed by atoms with Crippen molar-refractivity contribution in [2.24, 2.45) is 0 Å². The maximum Gasteiger partial charge on any atom is 0.231 e. The van der Waals surface area contributed by atoms with Gasteiger partial charge in [0.25, 0.3) is 0 Å². The number of benzene rings is 1. The number of hydrogen-bond donors (Lipinski definition) is 0. The first-order chi connectivity index (χ1) is 9.22. The summed E-state index contributed by atoms with van der Waals surface area (Å²) < 4.78 is 12.9. The average Bonchev–Trinajstić information content (AvgIpc) is 3.07. The quantitative estimate of drug-likeness (QED) is 0.681. The fraction of sp³-hybridized carbons (Fsp3) is 0.214. The minimum Gasteiger partial charge on any atom is -0.454 e. The van der Waals surface area contributed by atoms with Crippen LogP contribution in [-0.4, -0.2) is 16.2 Å². The highest BCUT2D eigenvalue weighted by Crippen LogP contribution is 2.36. The zero-order chi connectivity index (χ0) is 13.0. The molecule has 1 aliphatic rings. The lowest BCUT2D eigenvalue weighted by Gasteiger charge is -1.99. The summed E-state index contributed by atoms with van der Waals surface area (Å²) in [5.41, 5.74) is 3.27. The molecule has 0 fully saturated rings. The van der Waals surface area contributed by atoms with Crippen molar-refractivity contribution in [1.29, 1.82) is 0 Å². The van der Waals surface area contributed by atoms with Crippen molar-refractivity contribution >= 4 is 16.3 Å². The van der Waals surface area contributed by atoms with Gasteiger partial charge in [-0.15, -0.1) is 11.3 Å². The minimum absolute atomic E-state index is 0.301. The maximum atomic E-state index is 5.40. The summed E-state index contributed by atoms with van der Waals surface area (Å²) in [6, 6.07) is 5.93. The Hall–Kier alpha value is -2.01. The molecular weight excluding hydrogens is 260 g/mol. The molecule has 19 heavy (non-hydrogen) atoms. The lowest BCUT2D eigenvalue weighted by molar-refractivity contribution is 0.174. The van der Waals surface area contributed by atoms with Gasteiger partial charge in [0.2, 0.25) is 6.79 Å². The van der Waals surface area contributed by atoms with Gasteiger partial charge in [-0.1, -0.05) is 0 Å². The van der Waals surface area contributed by atoms with E-state index in [1.807, 2.05) is 18.2 Å². The van der Waals surface area contributed by atoms with E-state index >= 15 is 0 Å². The fourth-order valence-electron chi connectivity index (χ4n) is 2.25. The van der Waals surface area contributed by atoms with Crippen LogP contribution < -0.4 is 9.47 Å². The second-order valence-corrected chi connectivity index (χ2v) is 5.77. The Kier molecular flexibility index (Phi) is 2.14. The molecule has 0 bridgehead atoms. The van der Waals surface area contributed by atoms with E-state index in [9.17, 15) is 0 Å². The molecule has 0 N–H and O–H groups in total. The van der Waals surface area contributed by atoms with Crippen LogP contribution in [0.15, 0.2) is 24.4 Å². The van der Waals surface area contributed by atoms with E-state index in [2.05, 4.69) is 29.4 Å². The SMILES string of the molecule is Cc1sc2nc(-c3ccc4c(c3)OCO4)cn2c1C. The van der Waals surface area contributed by atoms with E-state index in [1.165, 1.54) is 10.6 Å². The van der Waals surface area contributed by atoms with Gasteiger partial charge in [0.05, 0.1) is 5.69 Å². The molecule has 0 amide bonds. The summed E-state index contributed by atoms with van der Waals surface area (Å²) in [5.74, 6) is 1.60. The van der Waals surface area contributed by atoms with Gasteiger partial charge in [-0.2, -0.15) is 0 Å². The monoisotopic (exact) mass is 272 g/mol. The van der Waals surface area contributed by atoms with Gasteiger partial charge >= 0.3 is 0 Å². The van der Waals surface area contributed by atoms with Crippen LogP contribution in [0.5, 0.6) is 11.5 Å². The smallest absolute Gasteiger partial charge is 0.231 e. The summed E-state index contributed by atoms with van der Waals surface area (Å²) in [6.07, 6.45) is 2.08. The third kappa shape index (κ3) is 1.55. The van der Waals surface area contributed by atoms with Crippen LogP contribution in [0.4, 0.5) is 0 Å². The van der Waals surface area contributed by atoms with Crippen LogP contribution in [0.2, 0.25) is 0 Å². The molecule has 5 heteroatoms. The van der Waals surface area contributed by atoms with Crippen molar-refractivity contribution in [2.45, 2.75) is 13.8 Å². The van der Waals surface area contributed by atoms with Crippen LogP contribution in [-0.2, 0) is 0 Å². The number of fused-ring (bicyclic) bond motifs is 2. The van der Waals surface area contributed by atoms with Gasteiger partial charge in [0, 0.05) is 22.3 Å². The fourth-order valence-corrected chi connectivity index (χ4v) is 3.20. The standard InChI is InChI=1S/C14H12N2O2S/c1-8-9(2)19-14-15-11(6-16(8)14)10-3-4-12-13(5-10)18-7-17-12/h3-6H,7H2,1-2H3. The Morgan fingerprint density at radius 2 is 2.05 bits per heavy atom. The highest BCUT2D eigenvalue weighted by atomic mass is 32.1. The topological polar surface area (TPSA) is 35.8 Å². The van der Waals surface area contributed by atoms with Crippen molar-refractivity contribution in [3.8, 4) is 22.8 Å². The van der Waals surface area contributed by atoms with E-state index < -0.39 is 0 Å². The molecule has 0 aliphatic carbocycles. The van der Waals surface area contributed by atoms with Gasteiger partial charge in [0.1, 0.15) is 0 Å². The number of ether oxygens (including phenoxy) is 2. The largest absolute Gasteiger partial charge is 0.454 e. The van der Waals surface area contributed by atoms with Crippen LogP contribution >= 0.6 is 11.3 Å². The molecule has 0 saturated heterocycles. The maximum absolute atomic E-state index is 5.40. The van der Waals surface area contributed by atoms with Crippen molar-refractivity contribution < 1.29 is 9.47 Å². The number of rotatable bonds is 1. The minimum atomic E-state index is 0.301. The predicted molar refractivity (Wildman–Crippen MR) is 74.1 cm³/mol. The second-order valence-electron chi connectivity index (χ2n) is 4.59. The first kappa shape index (κ1) is 10.9. The van der Waals surface area contributed by atoms with Gasteiger partial charge in [0.15, 0.2) is 16.5 Å². The van der Waals surface area contributed by atoms with Crippen LogP contribution in [0.1, 0.15) is 10.6 Å². The lowest BCUT2D eigenvalue weighted by atomic mass is 10.1. The number of imidazole rings is 1. The Bertz CT molecular complexity index is 788. The Morgan fingerprint density at radius 1 is 1.21 bits per heavy atom. The predicted octanol–water partition coefficient (Wildman–Crippen LogP) is 3.41. The average molecular weight is 272 g/mol. The lowest BCUT2D eigenvalue weighted by Crippen LogP contribution is -1.92. The molecule has 4 rings (SSSR count). The van der Waals surface area contributed by atoms with Gasteiger partial charge in [-0.3, -0.25) is 4.40 Å². The second kappa shape index (κ2) is 3.74. The molecule has 1 aromatic carbocycles. The van der Waals surface area contributed by atoms with Crippen molar-refractivity contribution in [3.63, 3.8) is 0 Å². The zero-order valence-electron chi connectivity index (χ0n) is 10.6. The van der Waals surface area contributed by atoms with Crippen LogP contribution in [0.3, 0.4) is 0 Å². The number of hydrogen-bond acceptors (Lipinski definition) is 4. The molecule has 0 saturated carbocycles. The van der Waals surface area contributed by atoms with Crippen LogP contribution in [0, 0.1) is 13.8 Å². The van der Waals surface area contributed by atoms with Crippen LogP contribution in [0.25, 0.3) is 16.2 Å². The summed E-state index contributed by atoms with van der Waals surface area (Å²) >= 11 is 1.72. The highest BCUT2D eigenvalue weighted by Gasteiger charge is 2.16. The molecule has 0 atom stereocenters. The molecule has 4 nitrogen and oxygen atoms in total. The first-order valence-electron chi connectivity index (χ1n) is 6.07. The number of aromatic nitrogens is 2. The van der Waals surface area contributed by atoms with E-state index in [0.29, 0.717) is 6.79 Å². The summed E-state index contributed by atoms with van der Waals surface area (Å²) in [4.78, 5) is 7.01. The summed E-state index contributed by atoms with van der Waals surface area (Å²) in [6.45, 7) is 4.54.